The highest BCUT2D eigenvalue weighted by atomic mass is 19.1. The highest BCUT2D eigenvalue weighted by Crippen LogP contribution is 2.12. The van der Waals surface area contributed by atoms with Crippen LogP contribution in [-0.4, -0.2) is 12.4 Å². The highest BCUT2D eigenvalue weighted by molar-refractivity contribution is 5.97. The lowest BCUT2D eigenvalue weighted by atomic mass is 10.1. The minimum atomic E-state index is -0.374. The van der Waals surface area contributed by atoms with Gasteiger partial charge in [-0.2, -0.15) is 0 Å². The maximum Gasteiger partial charge on any atom is 0.200 e. The first-order valence-corrected chi connectivity index (χ1v) is 5.64. The summed E-state index contributed by atoms with van der Waals surface area (Å²) in [5.74, 6) is 0.0109. The van der Waals surface area contributed by atoms with Crippen LogP contribution in [-0.2, 0) is 0 Å². The number of ether oxygens (including phenoxy) is 1. The number of Topliss-reactive ketones (excluding diaryl/α,β-unsaturated/α-hetero) is 1. The van der Waals surface area contributed by atoms with Gasteiger partial charge in [0.1, 0.15) is 11.6 Å². The zero-order valence-electron chi connectivity index (χ0n) is 10.0. The van der Waals surface area contributed by atoms with Gasteiger partial charge in [0, 0.05) is 5.56 Å². The molecule has 18 heavy (non-hydrogen) atoms. The third kappa shape index (κ3) is 2.94. The topological polar surface area (TPSA) is 26.3 Å². The van der Waals surface area contributed by atoms with Gasteiger partial charge in [-0.25, -0.2) is 4.39 Å². The van der Waals surface area contributed by atoms with Gasteiger partial charge in [-0.3, -0.25) is 4.79 Å². The van der Waals surface area contributed by atoms with Crippen LogP contribution in [0.4, 0.5) is 4.39 Å². The highest BCUT2D eigenvalue weighted by Gasteiger charge is 2.09. The van der Waals surface area contributed by atoms with Crippen LogP contribution in [0.1, 0.15) is 15.9 Å². The third-order valence-corrected chi connectivity index (χ3v) is 2.61. The van der Waals surface area contributed by atoms with E-state index in [-0.39, 0.29) is 18.2 Å². The average molecular weight is 244 g/mol. The first-order chi connectivity index (χ1) is 8.66. The molecule has 2 rings (SSSR count). The molecule has 0 N–H and O–H groups in total. The molecule has 0 unspecified atom stereocenters. The van der Waals surface area contributed by atoms with Crippen molar-refractivity contribution in [2.45, 2.75) is 6.92 Å². The number of aryl methyl sites for hydroxylation is 1. The third-order valence-electron chi connectivity index (χ3n) is 2.61. The predicted molar refractivity (Wildman–Crippen MR) is 67.4 cm³/mol. The molecule has 0 heterocycles. The number of rotatable bonds is 4. The molecule has 0 bridgehead atoms. The second kappa shape index (κ2) is 5.45. The SMILES string of the molecule is Cc1ccc(C(=O)COc2ccccc2)cc1F. The van der Waals surface area contributed by atoms with E-state index >= 15 is 0 Å². The maximum absolute atomic E-state index is 13.3. The first kappa shape index (κ1) is 12.3. The number of hydrogen-bond donors (Lipinski definition) is 0. The summed E-state index contributed by atoms with van der Waals surface area (Å²) >= 11 is 0. The van der Waals surface area contributed by atoms with Gasteiger partial charge in [0.2, 0.25) is 0 Å². The number of hydrogen-bond acceptors (Lipinski definition) is 2. The molecule has 2 nitrogen and oxygen atoms in total. The van der Waals surface area contributed by atoms with Gasteiger partial charge in [0.25, 0.3) is 0 Å². The van der Waals surface area contributed by atoms with Gasteiger partial charge >= 0.3 is 0 Å². The Labute approximate surface area is 105 Å². The molecule has 0 aliphatic rings. The molecule has 2 aromatic rings. The fourth-order valence-electron chi connectivity index (χ4n) is 1.52. The van der Waals surface area contributed by atoms with Crippen LogP contribution < -0.4 is 4.74 Å². The summed E-state index contributed by atoms with van der Waals surface area (Å²) in [4.78, 5) is 11.8. The summed E-state index contributed by atoms with van der Waals surface area (Å²) < 4.78 is 18.6. The summed E-state index contributed by atoms with van der Waals surface area (Å²) in [6.07, 6.45) is 0. The van der Waals surface area contributed by atoms with Crippen LogP contribution >= 0.6 is 0 Å². The minimum Gasteiger partial charge on any atom is -0.485 e. The Morgan fingerprint density at radius 1 is 1.17 bits per heavy atom. The van der Waals surface area contributed by atoms with Crippen molar-refractivity contribution in [1.82, 2.24) is 0 Å². The van der Waals surface area contributed by atoms with Crippen LogP contribution in [0.15, 0.2) is 48.5 Å². The zero-order valence-corrected chi connectivity index (χ0v) is 10.0. The van der Waals surface area contributed by atoms with E-state index in [0.29, 0.717) is 16.9 Å². The van der Waals surface area contributed by atoms with Crippen molar-refractivity contribution in [2.75, 3.05) is 6.61 Å². The lowest BCUT2D eigenvalue weighted by Gasteiger charge is -2.06. The van der Waals surface area contributed by atoms with Gasteiger partial charge in [0.15, 0.2) is 12.4 Å². The minimum absolute atomic E-state index is 0.0908. The summed E-state index contributed by atoms with van der Waals surface area (Å²) in [5.41, 5.74) is 0.851. The largest absolute Gasteiger partial charge is 0.485 e. The maximum atomic E-state index is 13.3. The van der Waals surface area contributed by atoms with Crippen molar-refractivity contribution in [2.24, 2.45) is 0 Å². The molecule has 0 spiro atoms. The molecule has 92 valence electrons. The number of ketones is 1. The van der Waals surface area contributed by atoms with Gasteiger partial charge in [0.05, 0.1) is 0 Å². The number of halogens is 1. The van der Waals surface area contributed by atoms with Crippen LogP contribution in [0.3, 0.4) is 0 Å². The molecule has 0 atom stereocenters. The smallest absolute Gasteiger partial charge is 0.200 e. The monoisotopic (exact) mass is 244 g/mol. The first-order valence-electron chi connectivity index (χ1n) is 5.64. The number of carbonyl (C=O) groups excluding carboxylic acids is 1. The van der Waals surface area contributed by atoms with Crippen molar-refractivity contribution < 1.29 is 13.9 Å². The normalized spacial score (nSPS) is 10.1. The van der Waals surface area contributed by atoms with Gasteiger partial charge in [-0.1, -0.05) is 30.3 Å². The molecule has 0 fully saturated rings. The molecule has 0 aliphatic heterocycles. The van der Waals surface area contributed by atoms with Crippen molar-refractivity contribution in [3.05, 3.63) is 65.5 Å². The van der Waals surface area contributed by atoms with E-state index < -0.39 is 0 Å². The van der Waals surface area contributed by atoms with E-state index in [2.05, 4.69) is 0 Å². The molecular formula is C15H13FO2. The summed E-state index contributed by atoms with van der Waals surface area (Å²) in [6, 6.07) is 13.5. The van der Waals surface area contributed by atoms with Crippen LogP contribution in [0.25, 0.3) is 0 Å². The van der Waals surface area contributed by atoms with E-state index in [1.54, 1.807) is 31.2 Å². The van der Waals surface area contributed by atoms with E-state index in [1.165, 1.54) is 6.07 Å². The Hall–Kier alpha value is -2.16. The molecule has 0 aliphatic carbocycles. The average Bonchev–Trinajstić information content (AvgIpc) is 2.40. The number of carbonyl (C=O) groups is 1. The molecule has 0 saturated heterocycles. The zero-order chi connectivity index (χ0) is 13.0. The number of para-hydroxylation sites is 1. The van der Waals surface area contributed by atoms with Gasteiger partial charge in [-0.15, -0.1) is 0 Å². The molecular weight excluding hydrogens is 231 g/mol. The fraction of sp³-hybridized carbons (Fsp3) is 0.133. The Morgan fingerprint density at radius 2 is 1.89 bits per heavy atom. The Bertz CT molecular complexity index is 550. The molecule has 0 radical (unpaired) electrons. The van der Waals surface area contributed by atoms with Crippen LogP contribution in [0.5, 0.6) is 5.75 Å². The van der Waals surface area contributed by atoms with Gasteiger partial charge < -0.3 is 4.74 Å². The number of benzene rings is 2. The lowest BCUT2D eigenvalue weighted by molar-refractivity contribution is 0.0921. The Kier molecular flexibility index (Phi) is 3.72. The van der Waals surface area contributed by atoms with Crippen LogP contribution in [0, 0.1) is 12.7 Å². The van der Waals surface area contributed by atoms with E-state index in [0.717, 1.165) is 0 Å². The summed E-state index contributed by atoms with van der Waals surface area (Å²) in [7, 11) is 0. The van der Waals surface area contributed by atoms with Crippen molar-refractivity contribution >= 4 is 5.78 Å². The molecule has 0 saturated carbocycles. The standard InChI is InChI=1S/C15H13FO2/c1-11-7-8-12(9-14(11)16)15(17)10-18-13-5-3-2-4-6-13/h2-9H,10H2,1H3. The summed E-state index contributed by atoms with van der Waals surface area (Å²) in [6.45, 7) is 1.57. The fourth-order valence-corrected chi connectivity index (χ4v) is 1.52. The lowest BCUT2D eigenvalue weighted by Crippen LogP contribution is -2.11. The van der Waals surface area contributed by atoms with E-state index in [1.807, 2.05) is 18.2 Å². The van der Waals surface area contributed by atoms with Crippen molar-refractivity contribution in [3.8, 4) is 5.75 Å². The molecule has 3 heteroatoms. The van der Waals surface area contributed by atoms with E-state index in [4.69, 9.17) is 4.74 Å². The Balaban J connectivity index is 2.02. The second-order valence-corrected chi connectivity index (χ2v) is 3.99. The molecule has 0 aromatic heterocycles. The van der Waals surface area contributed by atoms with Crippen LogP contribution in [0.2, 0.25) is 0 Å². The molecule has 0 amide bonds. The van der Waals surface area contributed by atoms with Crippen molar-refractivity contribution in [3.63, 3.8) is 0 Å². The summed E-state index contributed by atoms with van der Waals surface area (Å²) in [5, 5.41) is 0. The van der Waals surface area contributed by atoms with Gasteiger partial charge in [-0.05, 0) is 30.7 Å². The molecule has 2 aromatic carbocycles. The van der Waals surface area contributed by atoms with E-state index in [9.17, 15) is 9.18 Å². The second-order valence-electron chi connectivity index (χ2n) is 3.99. The predicted octanol–water partition coefficient (Wildman–Crippen LogP) is 3.40. The Morgan fingerprint density at radius 3 is 2.56 bits per heavy atom. The van der Waals surface area contributed by atoms with Crippen molar-refractivity contribution in [1.29, 1.82) is 0 Å². The quantitative estimate of drug-likeness (QED) is 0.770.